The minimum absolute atomic E-state index is 0.667. The van der Waals surface area contributed by atoms with Crippen LogP contribution in [0.3, 0.4) is 0 Å². The minimum atomic E-state index is 0.667. The molecule has 1 aromatic rings. The second kappa shape index (κ2) is 5.27. The van der Waals surface area contributed by atoms with Crippen LogP contribution in [0.4, 0.5) is 5.69 Å². The van der Waals surface area contributed by atoms with Crippen molar-refractivity contribution in [1.82, 2.24) is 10.3 Å². The fraction of sp³-hybridized carbons (Fsp3) is 0.667. The number of aromatic nitrogens is 1. The first-order valence-corrected chi connectivity index (χ1v) is 7.25. The molecule has 2 aliphatic rings. The smallest absolute Gasteiger partial charge is 0.0429 e. The molecule has 0 aromatic carbocycles. The molecule has 98 valence electrons. The van der Waals surface area contributed by atoms with E-state index in [1.807, 2.05) is 12.4 Å². The fourth-order valence-corrected chi connectivity index (χ4v) is 2.91. The zero-order valence-corrected chi connectivity index (χ0v) is 11.2. The van der Waals surface area contributed by atoms with Gasteiger partial charge in [0.1, 0.15) is 0 Å². The molecule has 3 heteroatoms. The average molecular weight is 245 g/mol. The molecule has 3 nitrogen and oxygen atoms in total. The van der Waals surface area contributed by atoms with Crippen LogP contribution >= 0.6 is 0 Å². The Morgan fingerprint density at radius 1 is 1.33 bits per heavy atom. The third-order valence-corrected chi connectivity index (χ3v) is 4.15. The summed E-state index contributed by atoms with van der Waals surface area (Å²) in [6.45, 7) is 4.51. The summed E-state index contributed by atoms with van der Waals surface area (Å²) in [5.41, 5.74) is 2.68. The van der Waals surface area contributed by atoms with Crippen molar-refractivity contribution in [2.45, 2.75) is 51.1 Å². The van der Waals surface area contributed by atoms with Crippen molar-refractivity contribution in [1.29, 1.82) is 0 Å². The first kappa shape index (κ1) is 12.0. The second-order valence-corrected chi connectivity index (χ2v) is 5.69. The number of hydrogen-bond donors (Lipinski definition) is 1. The number of hydrogen-bond acceptors (Lipinski definition) is 3. The van der Waals surface area contributed by atoms with Crippen LogP contribution in [0.1, 0.15) is 37.7 Å². The Labute approximate surface area is 110 Å². The first-order chi connectivity index (χ1) is 8.84. The predicted octanol–water partition coefficient (Wildman–Crippen LogP) is 2.50. The molecule has 1 atom stereocenters. The maximum atomic E-state index is 4.21. The molecule has 3 rings (SSSR count). The van der Waals surface area contributed by atoms with Crippen LogP contribution in [0.5, 0.6) is 0 Å². The molecule has 2 fully saturated rings. The lowest BCUT2D eigenvalue weighted by Gasteiger charge is -2.38. The van der Waals surface area contributed by atoms with E-state index in [4.69, 9.17) is 0 Å². The zero-order chi connectivity index (χ0) is 12.4. The largest absolute Gasteiger partial charge is 0.367 e. The number of anilines is 1. The highest BCUT2D eigenvalue weighted by molar-refractivity contribution is 5.52. The highest BCUT2D eigenvalue weighted by Crippen LogP contribution is 2.27. The highest BCUT2D eigenvalue weighted by atomic mass is 15.2. The van der Waals surface area contributed by atoms with Crippen LogP contribution in [-0.2, 0) is 0 Å². The van der Waals surface area contributed by atoms with E-state index in [0.717, 1.165) is 12.6 Å². The van der Waals surface area contributed by atoms with Crippen molar-refractivity contribution in [2.24, 2.45) is 0 Å². The molecule has 0 radical (unpaired) electrons. The molecule has 0 spiro atoms. The number of piperidine rings is 1. The van der Waals surface area contributed by atoms with E-state index in [1.54, 1.807) is 0 Å². The SMILES string of the molecule is Cc1cnccc1N1CCCCC1CNC1CC1. The number of nitrogens with one attached hydrogen (secondary N) is 1. The predicted molar refractivity (Wildman–Crippen MR) is 75.0 cm³/mol. The third-order valence-electron chi connectivity index (χ3n) is 4.15. The van der Waals surface area contributed by atoms with Gasteiger partial charge in [0.15, 0.2) is 0 Å². The van der Waals surface area contributed by atoms with Crippen LogP contribution in [0, 0.1) is 6.92 Å². The second-order valence-electron chi connectivity index (χ2n) is 5.69. The number of rotatable bonds is 4. The number of nitrogens with zero attached hydrogens (tertiary/aromatic N) is 2. The summed E-state index contributed by atoms with van der Waals surface area (Å²) in [4.78, 5) is 6.80. The zero-order valence-electron chi connectivity index (χ0n) is 11.2. The van der Waals surface area contributed by atoms with Crippen LogP contribution < -0.4 is 10.2 Å². The highest BCUT2D eigenvalue weighted by Gasteiger charge is 2.27. The van der Waals surface area contributed by atoms with Crippen LogP contribution in [0.25, 0.3) is 0 Å². The first-order valence-electron chi connectivity index (χ1n) is 7.25. The van der Waals surface area contributed by atoms with Gasteiger partial charge in [-0.1, -0.05) is 0 Å². The minimum Gasteiger partial charge on any atom is -0.367 e. The molecule has 1 saturated carbocycles. The lowest BCUT2D eigenvalue weighted by molar-refractivity contribution is 0.434. The van der Waals surface area contributed by atoms with Crippen molar-refractivity contribution in [3.63, 3.8) is 0 Å². The van der Waals surface area contributed by atoms with E-state index in [-0.39, 0.29) is 0 Å². The monoisotopic (exact) mass is 245 g/mol. The van der Waals surface area contributed by atoms with Gasteiger partial charge in [-0.15, -0.1) is 0 Å². The van der Waals surface area contributed by atoms with Crippen molar-refractivity contribution in [3.05, 3.63) is 24.0 Å². The van der Waals surface area contributed by atoms with Gasteiger partial charge in [0, 0.05) is 43.3 Å². The maximum Gasteiger partial charge on any atom is 0.0429 e. The van der Waals surface area contributed by atoms with E-state index >= 15 is 0 Å². The van der Waals surface area contributed by atoms with Crippen LogP contribution in [0.2, 0.25) is 0 Å². The van der Waals surface area contributed by atoms with E-state index < -0.39 is 0 Å². The number of pyridine rings is 1. The van der Waals surface area contributed by atoms with Crippen LogP contribution in [0.15, 0.2) is 18.5 Å². The lowest BCUT2D eigenvalue weighted by atomic mass is 10.0. The standard InChI is InChI=1S/C15H23N3/c1-12-10-16-8-7-15(12)18-9-3-2-4-14(18)11-17-13-5-6-13/h7-8,10,13-14,17H,2-6,9,11H2,1H3. The van der Waals surface area contributed by atoms with E-state index in [1.165, 1.54) is 49.9 Å². The topological polar surface area (TPSA) is 28.2 Å². The third kappa shape index (κ3) is 2.66. The van der Waals surface area contributed by atoms with Gasteiger partial charge < -0.3 is 10.2 Å². The Kier molecular flexibility index (Phi) is 3.50. The molecular weight excluding hydrogens is 222 g/mol. The molecular formula is C15H23N3. The molecule has 1 N–H and O–H groups in total. The van der Waals surface area contributed by atoms with Gasteiger partial charge in [0.05, 0.1) is 0 Å². The van der Waals surface area contributed by atoms with E-state index in [2.05, 4.69) is 28.2 Å². The molecule has 0 amide bonds. The summed E-state index contributed by atoms with van der Waals surface area (Å²) >= 11 is 0. The van der Waals surface area contributed by atoms with Gasteiger partial charge in [-0.05, 0) is 50.7 Å². The lowest BCUT2D eigenvalue weighted by Crippen LogP contribution is -2.46. The Morgan fingerprint density at radius 3 is 3.00 bits per heavy atom. The number of aryl methyl sites for hydroxylation is 1. The molecule has 1 aromatic heterocycles. The summed E-state index contributed by atoms with van der Waals surface area (Å²) in [6.07, 6.45) is 10.7. The van der Waals surface area contributed by atoms with Gasteiger partial charge in [-0.3, -0.25) is 4.98 Å². The van der Waals surface area contributed by atoms with Gasteiger partial charge in [-0.2, -0.15) is 0 Å². The summed E-state index contributed by atoms with van der Waals surface area (Å²) in [5, 5.41) is 3.69. The van der Waals surface area contributed by atoms with Gasteiger partial charge in [0.25, 0.3) is 0 Å². The molecule has 1 aliphatic carbocycles. The van der Waals surface area contributed by atoms with Crippen LogP contribution in [-0.4, -0.2) is 30.2 Å². The van der Waals surface area contributed by atoms with E-state index in [9.17, 15) is 0 Å². The Morgan fingerprint density at radius 2 is 2.22 bits per heavy atom. The van der Waals surface area contributed by atoms with Crippen molar-refractivity contribution in [3.8, 4) is 0 Å². The van der Waals surface area contributed by atoms with Gasteiger partial charge >= 0.3 is 0 Å². The van der Waals surface area contributed by atoms with Gasteiger partial charge in [-0.25, -0.2) is 0 Å². The van der Waals surface area contributed by atoms with Crippen molar-refractivity contribution < 1.29 is 0 Å². The molecule has 1 aliphatic heterocycles. The molecule has 18 heavy (non-hydrogen) atoms. The summed E-state index contributed by atoms with van der Waals surface area (Å²) in [6, 6.07) is 3.65. The van der Waals surface area contributed by atoms with Gasteiger partial charge in [0.2, 0.25) is 0 Å². The summed E-state index contributed by atoms with van der Waals surface area (Å²) in [5.74, 6) is 0. The Hall–Kier alpha value is -1.09. The average Bonchev–Trinajstić information content (AvgIpc) is 3.22. The van der Waals surface area contributed by atoms with Crippen molar-refractivity contribution in [2.75, 3.05) is 18.0 Å². The molecule has 2 heterocycles. The molecule has 1 unspecified atom stereocenters. The molecule has 1 saturated heterocycles. The molecule has 0 bridgehead atoms. The Balaban J connectivity index is 1.71. The Bertz CT molecular complexity index is 400. The fourth-order valence-electron chi connectivity index (χ4n) is 2.91. The van der Waals surface area contributed by atoms with E-state index in [0.29, 0.717) is 6.04 Å². The summed E-state index contributed by atoms with van der Waals surface area (Å²) in [7, 11) is 0. The normalized spacial score (nSPS) is 24.3. The maximum absolute atomic E-state index is 4.21. The summed E-state index contributed by atoms with van der Waals surface area (Å²) < 4.78 is 0. The quantitative estimate of drug-likeness (QED) is 0.883. The van der Waals surface area contributed by atoms with Crippen molar-refractivity contribution >= 4 is 5.69 Å².